The SMILES string of the molecule is COC(=O)c1ccc(C(=O)N/N=C(\C)c2nn(C)c(-c3ccc4c(c3)CCC4)c2O)s1. The molecule has 3 aromatic rings. The van der Waals surface area contributed by atoms with E-state index in [2.05, 4.69) is 32.5 Å². The van der Waals surface area contributed by atoms with E-state index >= 15 is 0 Å². The van der Waals surface area contributed by atoms with Crippen LogP contribution in [-0.2, 0) is 24.6 Å². The number of amides is 1. The lowest BCUT2D eigenvalue weighted by Crippen LogP contribution is -2.18. The first-order valence-electron chi connectivity index (χ1n) is 9.80. The van der Waals surface area contributed by atoms with Gasteiger partial charge in [-0.15, -0.1) is 11.3 Å². The van der Waals surface area contributed by atoms with E-state index in [0.29, 0.717) is 26.9 Å². The first kappa shape index (κ1) is 20.8. The number of hydrogen-bond acceptors (Lipinski definition) is 7. The maximum Gasteiger partial charge on any atom is 0.348 e. The Bertz CT molecular complexity index is 1210. The second-order valence-corrected chi connectivity index (χ2v) is 8.38. The molecule has 0 aliphatic heterocycles. The third-order valence-corrected chi connectivity index (χ3v) is 6.34. The maximum absolute atomic E-state index is 12.3. The van der Waals surface area contributed by atoms with Crippen LogP contribution in [0.5, 0.6) is 5.75 Å². The molecule has 0 saturated carbocycles. The summed E-state index contributed by atoms with van der Waals surface area (Å²) in [7, 11) is 3.05. The highest BCUT2D eigenvalue weighted by atomic mass is 32.1. The molecule has 1 aliphatic rings. The molecule has 0 saturated heterocycles. The second-order valence-electron chi connectivity index (χ2n) is 7.30. The molecular weight excluding hydrogens is 416 g/mol. The molecule has 1 amide bonds. The van der Waals surface area contributed by atoms with Gasteiger partial charge in [-0.3, -0.25) is 9.48 Å². The largest absolute Gasteiger partial charge is 0.504 e. The molecule has 160 valence electrons. The number of nitrogens with zero attached hydrogens (tertiary/aromatic N) is 3. The number of aromatic nitrogens is 2. The lowest BCUT2D eigenvalue weighted by Gasteiger charge is -2.06. The number of ether oxygens (including phenoxy) is 1. The normalized spacial score (nSPS) is 13.2. The van der Waals surface area contributed by atoms with Crippen LogP contribution in [0.15, 0.2) is 35.4 Å². The summed E-state index contributed by atoms with van der Waals surface area (Å²) < 4.78 is 6.26. The molecule has 1 aliphatic carbocycles. The summed E-state index contributed by atoms with van der Waals surface area (Å²) in [6, 6.07) is 9.26. The van der Waals surface area contributed by atoms with Gasteiger partial charge in [0, 0.05) is 12.6 Å². The summed E-state index contributed by atoms with van der Waals surface area (Å²) in [4.78, 5) is 24.5. The van der Waals surface area contributed by atoms with Crippen LogP contribution in [0.1, 0.15) is 49.5 Å². The number of thiophene rings is 1. The summed E-state index contributed by atoms with van der Waals surface area (Å²) in [5.41, 5.74) is 7.25. The third-order valence-electron chi connectivity index (χ3n) is 5.28. The minimum Gasteiger partial charge on any atom is -0.504 e. The van der Waals surface area contributed by atoms with Crippen LogP contribution in [0.4, 0.5) is 0 Å². The standard InChI is InChI=1S/C22H22N4O4S/c1-12(23-24-21(28)16-9-10-17(31-16)22(29)30-3)18-20(27)19(26(2)25-18)15-8-7-13-5-4-6-14(13)11-15/h7-11,27H,4-6H2,1-3H3,(H,24,28)/b23-12+. The summed E-state index contributed by atoms with van der Waals surface area (Å²) >= 11 is 1.01. The highest BCUT2D eigenvalue weighted by Gasteiger charge is 2.21. The first-order valence-corrected chi connectivity index (χ1v) is 10.6. The number of rotatable bonds is 5. The molecule has 0 fully saturated rings. The molecule has 0 radical (unpaired) electrons. The van der Waals surface area contributed by atoms with Gasteiger partial charge in [0.05, 0.1) is 17.7 Å². The molecule has 0 unspecified atom stereocenters. The van der Waals surface area contributed by atoms with Crippen molar-refractivity contribution < 1.29 is 19.4 Å². The highest BCUT2D eigenvalue weighted by molar-refractivity contribution is 7.15. The molecule has 2 heterocycles. The molecule has 0 spiro atoms. The molecule has 4 rings (SSSR count). The summed E-state index contributed by atoms with van der Waals surface area (Å²) in [5, 5.41) is 19.3. The maximum atomic E-state index is 12.3. The van der Waals surface area contributed by atoms with Crippen molar-refractivity contribution in [1.29, 1.82) is 0 Å². The fraction of sp³-hybridized carbons (Fsp3) is 0.273. The van der Waals surface area contributed by atoms with Crippen molar-refractivity contribution in [2.24, 2.45) is 12.1 Å². The van der Waals surface area contributed by atoms with E-state index in [-0.39, 0.29) is 5.75 Å². The van der Waals surface area contributed by atoms with Crippen LogP contribution in [-0.4, -0.2) is 39.6 Å². The van der Waals surface area contributed by atoms with Gasteiger partial charge in [-0.25, -0.2) is 10.2 Å². The Morgan fingerprint density at radius 2 is 1.94 bits per heavy atom. The molecule has 8 nitrogen and oxygen atoms in total. The molecule has 2 N–H and O–H groups in total. The van der Waals surface area contributed by atoms with Gasteiger partial charge in [0.15, 0.2) is 11.4 Å². The summed E-state index contributed by atoms with van der Waals surface area (Å²) in [6.45, 7) is 1.66. The topological polar surface area (TPSA) is 106 Å². The number of fused-ring (bicyclic) bond motifs is 1. The van der Waals surface area contributed by atoms with E-state index in [9.17, 15) is 14.7 Å². The molecular formula is C22H22N4O4S. The Labute approximate surface area is 183 Å². The number of hydrogen-bond donors (Lipinski definition) is 2. The Balaban J connectivity index is 1.55. The lowest BCUT2D eigenvalue weighted by atomic mass is 10.0. The van der Waals surface area contributed by atoms with Gasteiger partial charge in [0.2, 0.25) is 0 Å². The van der Waals surface area contributed by atoms with E-state index in [1.54, 1.807) is 18.7 Å². The number of methoxy groups -OCH3 is 1. The molecule has 9 heteroatoms. The van der Waals surface area contributed by atoms with Gasteiger partial charge in [-0.2, -0.15) is 10.2 Å². The number of carbonyl (C=O) groups excluding carboxylic acids is 2. The number of aryl methyl sites for hydroxylation is 3. The van der Waals surface area contributed by atoms with Gasteiger partial charge in [0.1, 0.15) is 10.6 Å². The second kappa shape index (κ2) is 8.35. The Hall–Kier alpha value is -3.46. The lowest BCUT2D eigenvalue weighted by molar-refractivity contribution is 0.0606. The Kier molecular flexibility index (Phi) is 5.60. The number of nitrogens with one attached hydrogen (secondary N) is 1. The average Bonchev–Trinajstić information content (AvgIpc) is 3.49. The van der Waals surface area contributed by atoms with Gasteiger partial charge >= 0.3 is 5.97 Å². The summed E-state index contributed by atoms with van der Waals surface area (Å²) in [5.74, 6) is -0.949. The number of esters is 1. The monoisotopic (exact) mass is 438 g/mol. The molecule has 31 heavy (non-hydrogen) atoms. The zero-order valence-electron chi connectivity index (χ0n) is 17.4. The number of benzene rings is 1. The number of aromatic hydroxyl groups is 1. The van der Waals surface area contributed by atoms with Gasteiger partial charge in [0.25, 0.3) is 5.91 Å². The fourth-order valence-electron chi connectivity index (χ4n) is 3.71. The molecule has 2 aromatic heterocycles. The van der Waals surface area contributed by atoms with Crippen LogP contribution in [0, 0.1) is 0 Å². The van der Waals surface area contributed by atoms with Crippen molar-refractivity contribution in [3.8, 4) is 17.0 Å². The predicted octanol–water partition coefficient (Wildman–Crippen LogP) is 3.28. The average molecular weight is 439 g/mol. The van der Waals surface area contributed by atoms with E-state index in [1.165, 1.54) is 30.4 Å². The van der Waals surface area contributed by atoms with Crippen LogP contribution < -0.4 is 5.43 Å². The van der Waals surface area contributed by atoms with Crippen molar-refractivity contribution >= 4 is 28.9 Å². The van der Waals surface area contributed by atoms with Crippen molar-refractivity contribution in [1.82, 2.24) is 15.2 Å². The first-order chi connectivity index (χ1) is 14.9. The molecule has 0 atom stereocenters. The van der Waals surface area contributed by atoms with Crippen LogP contribution in [0.25, 0.3) is 11.3 Å². The van der Waals surface area contributed by atoms with Gasteiger partial charge in [-0.05, 0) is 55.5 Å². The van der Waals surface area contributed by atoms with Crippen molar-refractivity contribution in [2.45, 2.75) is 26.2 Å². The molecule has 0 bridgehead atoms. The van der Waals surface area contributed by atoms with E-state index < -0.39 is 11.9 Å². The predicted molar refractivity (Wildman–Crippen MR) is 118 cm³/mol. The van der Waals surface area contributed by atoms with Crippen LogP contribution in [0.2, 0.25) is 0 Å². The van der Waals surface area contributed by atoms with E-state index in [1.807, 2.05) is 6.07 Å². The highest BCUT2D eigenvalue weighted by Crippen LogP contribution is 2.35. The zero-order chi connectivity index (χ0) is 22.1. The number of hydrazone groups is 1. The Morgan fingerprint density at radius 3 is 2.71 bits per heavy atom. The Morgan fingerprint density at radius 1 is 1.19 bits per heavy atom. The summed E-state index contributed by atoms with van der Waals surface area (Å²) in [6.07, 6.45) is 3.29. The van der Waals surface area contributed by atoms with E-state index in [4.69, 9.17) is 0 Å². The zero-order valence-corrected chi connectivity index (χ0v) is 18.2. The minimum absolute atomic E-state index is 0.0139. The fourth-order valence-corrected chi connectivity index (χ4v) is 4.53. The van der Waals surface area contributed by atoms with E-state index in [0.717, 1.165) is 36.2 Å². The van der Waals surface area contributed by atoms with Gasteiger partial charge in [-0.1, -0.05) is 12.1 Å². The van der Waals surface area contributed by atoms with Crippen LogP contribution in [0.3, 0.4) is 0 Å². The van der Waals surface area contributed by atoms with Crippen molar-refractivity contribution in [3.05, 3.63) is 56.9 Å². The molecule has 1 aromatic carbocycles. The van der Waals surface area contributed by atoms with Crippen molar-refractivity contribution in [3.63, 3.8) is 0 Å². The van der Waals surface area contributed by atoms with Crippen LogP contribution >= 0.6 is 11.3 Å². The number of carbonyl (C=O) groups is 2. The smallest absolute Gasteiger partial charge is 0.348 e. The van der Waals surface area contributed by atoms with Gasteiger partial charge < -0.3 is 9.84 Å². The quantitative estimate of drug-likeness (QED) is 0.361. The third kappa shape index (κ3) is 3.96. The van der Waals surface area contributed by atoms with Crippen molar-refractivity contribution in [2.75, 3.05) is 7.11 Å². The minimum atomic E-state index is -0.499.